The van der Waals surface area contributed by atoms with Crippen LogP contribution in [0.25, 0.3) is 0 Å². The SMILES string of the molecule is O=C(O)C(O)C1C=CC2=C(Cc3ccccc3S2)C1=O. The first kappa shape index (κ1) is 13.1. The predicted octanol–water partition coefficient (Wildman–Crippen LogP) is 1.79. The second-order valence-corrected chi connectivity index (χ2v) is 5.85. The van der Waals surface area contributed by atoms with Gasteiger partial charge in [-0.15, -0.1) is 0 Å². The molecule has 2 atom stereocenters. The van der Waals surface area contributed by atoms with E-state index in [2.05, 4.69) is 0 Å². The number of carbonyl (C=O) groups is 2. The fraction of sp³-hybridized carbons (Fsp3) is 0.200. The van der Waals surface area contributed by atoms with Crippen LogP contribution < -0.4 is 0 Å². The molecule has 0 amide bonds. The van der Waals surface area contributed by atoms with Crippen molar-refractivity contribution >= 4 is 23.5 Å². The Morgan fingerprint density at radius 3 is 2.85 bits per heavy atom. The van der Waals surface area contributed by atoms with Gasteiger partial charge in [-0.1, -0.05) is 42.1 Å². The number of fused-ring (bicyclic) bond motifs is 1. The minimum Gasteiger partial charge on any atom is -0.479 e. The van der Waals surface area contributed by atoms with E-state index in [1.54, 1.807) is 6.08 Å². The Labute approximate surface area is 119 Å². The minimum absolute atomic E-state index is 0.292. The largest absolute Gasteiger partial charge is 0.479 e. The lowest BCUT2D eigenvalue weighted by atomic mass is 9.85. The Bertz CT molecular complexity index is 660. The van der Waals surface area contributed by atoms with Gasteiger partial charge in [-0.2, -0.15) is 0 Å². The molecule has 0 aromatic heterocycles. The van der Waals surface area contributed by atoms with Crippen molar-refractivity contribution in [3.05, 3.63) is 52.5 Å². The van der Waals surface area contributed by atoms with Gasteiger partial charge in [0.25, 0.3) is 0 Å². The van der Waals surface area contributed by atoms with Crippen LogP contribution in [-0.2, 0) is 16.0 Å². The van der Waals surface area contributed by atoms with E-state index < -0.39 is 18.0 Å². The zero-order valence-corrected chi connectivity index (χ0v) is 11.3. The summed E-state index contributed by atoms with van der Waals surface area (Å²) in [5.74, 6) is -2.66. The van der Waals surface area contributed by atoms with Gasteiger partial charge in [0.05, 0.1) is 5.92 Å². The Morgan fingerprint density at radius 1 is 1.35 bits per heavy atom. The number of hydrogen-bond donors (Lipinski definition) is 2. The number of rotatable bonds is 2. The Morgan fingerprint density at radius 2 is 2.10 bits per heavy atom. The number of carbonyl (C=O) groups excluding carboxylic acids is 1. The second kappa shape index (κ2) is 4.92. The average Bonchev–Trinajstić information content (AvgIpc) is 2.45. The molecule has 5 heteroatoms. The number of aliphatic hydroxyl groups excluding tert-OH is 1. The summed E-state index contributed by atoms with van der Waals surface area (Å²) in [6.07, 6.45) is 2.04. The number of hydrogen-bond acceptors (Lipinski definition) is 4. The summed E-state index contributed by atoms with van der Waals surface area (Å²) in [4.78, 5) is 25.2. The maximum Gasteiger partial charge on any atom is 0.333 e. The molecular weight excluding hydrogens is 276 g/mol. The average molecular weight is 288 g/mol. The van der Waals surface area contributed by atoms with Crippen molar-refractivity contribution in [1.29, 1.82) is 0 Å². The zero-order chi connectivity index (χ0) is 14.3. The van der Waals surface area contributed by atoms with Crippen LogP contribution in [0.1, 0.15) is 5.56 Å². The molecule has 2 N–H and O–H groups in total. The summed E-state index contributed by atoms with van der Waals surface area (Å²) >= 11 is 1.51. The third-order valence-corrected chi connectivity index (χ3v) is 4.73. The van der Waals surface area contributed by atoms with Crippen molar-refractivity contribution < 1.29 is 19.8 Å². The molecule has 0 saturated carbocycles. The van der Waals surface area contributed by atoms with Crippen LogP contribution in [0.3, 0.4) is 0 Å². The van der Waals surface area contributed by atoms with Crippen LogP contribution >= 0.6 is 11.8 Å². The predicted molar refractivity (Wildman–Crippen MR) is 74.3 cm³/mol. The molecule has 4 nitrogen and oxygen atoms in total. The van der Waals surface area contributed by atoms with E-state index in [-0.39, 0.29) is 5.78 Å². The first-order chi connectivity index (χ1) is 9.58. The number of thioether (sulfide) groups is 1. The maximum absolute atomic E-state index is 12.4. The van der Waals surface area contributed by atoms with Gasteiger partial charge in [0.1, 0.15) is 0 Å². The molecule has 0 bridgehead atoms. The summed E-state index contributed by atoms with van der Waals surface area (Å²) in [5.41, 5.74) is 1.66. The topological polar surface area (TPSA) is 74.6 Å². The Hall–Kier alpha value is -1.85. The first-order valence-electron chi connectivity index (χ1n) is 6.20. The van der Waals surface area contributed by atoms with Crippen LogP contribution in [0.15, 0.2) is 51.8 Å². The van der Waals surface area contributed by atoms with E-state index in [0.29, 0.717) is 12.0 Å². The molecule has 1 heterocycles. The summed E-state index contributed by atoms with van der Waals surface area (Å²) < 4.78 is 0. The summed E-state index contributed by atoms with van der Waals surface area (Å²) in [7, 11) is 0. The van der Waals surface area contributed by atoms with Crippen molar-refractivity contribution in [2.45, 2.75) is 17.4 Å². The third-order valence-electron chi connectivity index (χ3n) is 3.51. The third kappa shape index (κ3) is 2.09. The van der Waals surface area contributed by atoms with Gasteiger partial charge in [-0.05, 0) is 11.6 Å². The number of aliphatic carboxylic acids is 1. The molecule has 1 aromatic rings. The highest BCUT2D eigenvalue weighted by Crippen LogP contribution is 2.42. The molecule has 3 rings (SSSR count). The van der Waals surface area contributed by atoms with Crippen LogP contribution in [0.2, 0.25) is 0 Å². The van der Waals surface area contributed by atoms with Crippen LogP contribution in [0.4, 0.5) is 0 Å². The molecule has 2 aliphatic rings. The molecule has 0 spiro atoms. The highest BCUT2D eigenvalue weighted by Gasteiger charge is 2.36. The van der Waals surface area contributed by atoms with E-state index in [0.717, 1.165) is 15.4 Å². The maximum atomic E-state index is 12.4. The van der Waals surface area contributed by atoms with Gasteiger partial charge in [0.15, 0.2) is 11.9 Å². The number of carboxylic acid groups (broad SMARTS) is 1. The fourth-order valence-corrected chi connectivity index (χ4v) is 3.53. The number of Topliss-reactive ketones (excluding diaryl/α,β-unsaturated/α-hetero) is 1. The van der Waals surface area contributed by atoms with Crippen LogP contribution in [-0.4, -0.2) is 28.1 Å². The van der Waals surface area contributed by atoms with Crippen LogP contribution in [0.5, 0.6) is 0 Å². The van der Waals surface area contributed by atoms with E-state index in [9.17, 15) is 14.7 Å². The van der Waals surface area contributed by atoms with Gasteiger partial charge >= 0.3 is 5.97 Å². The van der Waals surface area contributed by atoms with Gasteiger partial charge in [-0.25, -0.2) is 4.79 Å². The standard InChI is InChI=1S/C15H12O4S/c16-13-9(14(17)15(18)19)5-6-12-10(13)7-8-3-1-2-4-11(8)20-12/h1-6,9,14,17H,7H2,(H,18,19). The van der Waals surface area contributed by atoms with E-state index >= 15 is 0 Å². The highest BCUT2D eigenvalue weighted by atomic mass is 32.2. The lowest BCUT2D eigenvalue weighted by Crippen LogP contribution is -2.36. The fourth-order valence-electron chi connectivity index (χ4n) is 2.43. The van der Waals surface area contributed by atoms with Crippen molar-refractivity contribution in [2.24, 2.45) is 5.92 Å². The van der Waals surface area contributed by atoms with Crippen molar-refractivity contribution in [3.63, 3.8) is 0 Å². The molecule has 102 valence electrons. The molecule has 1 aliphatic heterocycles. The highest BCUT2D eigenvalue weighted by molar-refractivity contribution is 8.03. The minimum atomic E-state index is -1.69. The molecule has 1 aromatic carbocycles. The van der Waals surface area contributed by atoms with Gasteiger partial charge in [0.2, 0.25) is 0 Å². The second-order valence-electron chi connectivity index (χ2n) is 4.76. The quantitative estimate of drug-likeness (QED) is 0.868. The van der Waals surface area contributed by atoms with E-state index in [4.69, 9.17) is 5.11 Å². The Balaban J connectivity index is 1.93. The molecule has 0 fully saturated rings. The van der Waals surface area contributed by atoms with E-state index in [1.165, 1.54) is 17.8 Å². The van der Waals surface area contributed by atoms with Crippen molar-refractivity contribution in [2.75, 3.05) is 0 Å². The molecule has 1 aliphatic carbocycles. The summed E-state index contributed by atoms with van der Waals surface area (Å²) in [6, 6.07) is 7.82. The molecular formula is C15H12O4S. The van der Waals surface area contributed by atoms with E-state index in [1.807, 2.05) is 24.3 Å². The molecule has 2 unspecified atom stereocenters. The van der Waals surface area contributed by atoms with Gasteiger partial charge < -0.3 is 10.2 Å². The number of ketones is 1. The monoisotopic (exact) mass is 288 g/mol. The summed E-state index contributed by atoms with van der Waals surface area (Å²) in [5, 5.41) is 18.5. The van der Waals surface area contributed by atoms with Crippen LogP contribution in [0, 0.1) is 5.92 Å². The smallest absolute Gasteiger partial charge is 0.333 e. The number of benzene rings is 1. The zero-order valence-electron chi connectivity index (χ0n) is 10.4. The lowest BCUT2D eigenvalue weighted by Gasteiger charge is -2.26. The Kier molecular flexibility index (Phi) is 3.23. The lowest BCUT2D eigenvalue weighted by molar-refractivity contribution is -0.150. The molecule has 0 radical (unpaired) electrons. The number of carboxylic acids is 1. The molecule has 20 heavy (non-hydrogen) atoms. The number of aliphatic hydroxyl groups is 1. The van der Waals surface area contributed by atoms with Crippen molar-refractivity contribution in [1.82, 2.24) is 0 Å². The van der Waals surface area contributed by atoms with Gasteiger partial charge in [-0.3, -0.25) is 4.79 Å². The first-order valence-corrected chi connectivity index (χ1v) is 7.02. The van der Waals surface area contributed by atoms with Gasteiger partial charge in [0, 0.05) is 21.8 Å². The normalized spacial score (nSPS) is 22.2. The molecule has 0 saturated heterocycles. The van der Waals surface area contributed by atoms with Crippen molar-refractivity contribution in [3.8, 4) is 0 Å². The summed E-state index contributed by atoms with van der Waals surface area (Å²) in [6.45, 7) is 0. The number of allylic oxidation sites excluding steroid dienone is 2.